The zero-order valence-corrected chi connectivity index (χ0v) is 16.2. The summed E-state index contributed by atoms with van der Waals surface area (Å²) in [5.74, 6) is -0.0625. The van der Waals surface area contributed by atoms with E-state index in [1.165, 1.54) is 10.5 Å². The van der Waals surface area contributed by atoms with Crippen LogP contribution in [-0.2, 0) is 9.53 Å². The average Bonchev–Trinajstić information content (AvgIpc) is 2.66. The summed E-state index contributed by atoms with van der Waals surface area (Å²) in [5, 5.41) is 12.0. The lowest BCUT2D eigenvalue weighted by Crippen LogP contribution is -2.46. The number of fused-ring (bicyclic) bond motifs is 1. The zero-order chi connectivity index (χ0) is 20.3. The molecule has 3 heterocycles. The lowest BCUT2D eigenvalue weighted by atomic mass is 10.1. The van der Waals surface area contributed by atoms with Crippen LogP contribution in [0.4, 0.5) is 5.82 Å². The van der Waals surface area contributed by atoms with E-state index >= 15 is 0 Å². The number of nitriles is 1. The maximum atomic E-state index is 13.2. The van der Waals surface area contributed by atoms with Gasteiger partial charge in [-0.15, -0.1) is 0 Å². The molecule has 28 heavy (non-hydrogen) atoms. The number of ether oxygens (including phenoxy) is 1. The highest BCUT2D eigenvalue weighted by Crippen LogP contribution is 2.23. The van der Waals surface area contributed by atoms with Gasteiger partial charge < -0.3 is 15.0 Å². The number of amides is 1. The Morgan fingerprint density at radius 2 is 2.11 bits per heavy atom. The van der Waals surface area contributed by atoms with Crippen LogP contribution in [0, 0.1) is 11.3 Å². The molecule has 2 atom stereocenters. The first-order valence-electron chi connectivity index (χ1n) is 9.26. The van der Waals surface area contributed by atoms with Gasteiger partial charge in [-0.25, -0.2) is 4.98 Å². The number of anilines is 1. The molecule has 8 heteroatoms. The summed E-state index contributed by atoms with van der Waals surface area (Å²) in [6.07, 6.45) is 2.89. The van der Waals surface area contributed by atoms with Gasteiger partial charge in [0.1, 0.15) is 23.1 Å². The predicted octanol–water partition coefficient (Wildman–Crippen LogP) is 1.35. The normalized spacial score (nSPS) is 20.1. The molecule has 0 aliphatic carbocycles. The van der Waals surface area contributed by atoms with E-state index in [0.29, 0.717) is 31.1 Å². The Bertz CT molecular complexity index is 1010. The number of nitrogens with zero attached hydrogens (tertiary/aromatic N) is 4. The van der Waals surface area contributed by atoms with E-state index < -0.39 is 5.91 Å². The van der Waals surface area contributed by atoms with Gasteiger partial charge in [-0.3, -0.25) is 14.0 Å². The first-order chi connectivity index (χ1) is 13.4. The highest BCUT2D eigenvalue weighted by atomic mass is 16.5. The number of carbonyl (C=O) groups is 1. The third-order valence-electron chi connectivity index (χ3n) is 4.46. The number of morpholine rings is 1. The summed E-state index contributed by atoms with van der Waals surface area (Å²) in [5.41, 5.74) is 0.257. The molecule has 1 saturated heterocycles. The number of hydrogen-bond acceptors (Lipinski definition) is 6. The first-order valence-corrected chi connectivity index (χ1v) is 9.26. The van der Waals surface area contributed by atoms with Crippen molar-refractivity contribution in [1.82, 2.24) is 14.7 Å². The van der Waals surface area contributed by atoms with Crippen LogP contribution in [0.5, 0.6) is 0 Å². The van der Waals surface area contributed by atoms with Gasteiger partial charge in [0.05, 0.1) is 17.8 Å². The van der Waals surface area contributed by atoms with Crippen LogP contribution >= 0.6 is 0 Å². The Labute approximate surface area is 163 Å². The van der Waals surface area contributed by atoms with Crippen LogP contribution in [0.3, 0.4) is 0 Å². The van der Waals surface area contributed by atoms with Crippen molar-refractivity contribution in [2.75, 3.05) is 24.5 Å². The van der Waals surface area contributed by atoms with Gasteiger partial charge in [-0.1, -0.05) is 6.07 Å². The summed E-state index contributed by atoms with van der Waals surface area (Å²) >= 11 is 0. The molecule has 146 valence electrons. The first kappa shape index (κ1) is 19.6. The fraction of sp³-hybridized carbons (Fsp3) is 0.400. The van der Waals surface area contributed by atoms with Gasteiger partial charge >= 0.3 is 0 Å². The van der Waals surface area contributed by atoms with Crippen molar-refractivity contribution >= 4 is 23.4 Å². The van der Waals surface area contributed by atoms with E-state index in [2.05, 4.69) is 10.3 Å². The Balaban J connectivity index is 2.21. The molecule has 3 rings (SSSR count). The molecule has 8 nitrogen and oxygen atoms in total. The van der Waals surface area contributed by atoms with Crippen molar-refractivity contribution in [1.29, 1.82) is 5.26 Å². The molecular weight excluding hydrogens is 358 g/mol. The van der Waals surface area contributed by atoms with E-state index in [4.69, 9.17) is 4.74 Å². The molecular formula is C20H23N5O3. The van der Waals surface area contributed by atoms with Crippen molar-refractivity contribution < 1.29 is 9.53 Å². The summed E-state index contributed by atoms with van der Waals surface area (Å²) in [6, 6.07) is 7.18. The van der Waals surface area contributed by atoms with Crippen LogP contribution in [-0.4, -0.2) is 47.1 Å². The molecule has 2 aromatic rings. The predicted molar refractivity (Wildman–Crippen MR) is 106 cm³/mol. The molecule has 0 saturated carbocycles. The molecule has 1 amide bonds. The van der Waals surface area contributed by atoms with Crippen molar-refractivity contribution in [3.63, 3.8) is 0 Å². The van der Waals surface area contributed by atoms with Gasteiger partial charge in [0.2, 0.25) is 0 Å². The topological polar surface area (TPSA) is 99.7 Å². The number of hydrogen-bond donors (Lipinski definition) is 1. The molecule has 1 N–H and O–H groups in total. The van der Waals surface area contributed by atoms with Gasteiger partial charge in [0.25, 0.3) is 11.5 Å². The third-order valence-corrected chi connectivity index (χ3v) is 4.46. The maximum absolute atomic E-state index is 13.2. The van der Waals surface area contributed by atoms with Gasteiger partial charge in [0.15, 0.2) is 0 Å². The standard InChI is InChI=1S/C20H23N5O3/c1-4-22-19(26)15(10-21)9-16-18(24-11-13(2)28-14(3)12-24)23-17-7-5-6-8-25(17)20(16)27/h5-9,13-14H,4,11-12H2,1-3H3,(H,22,26)/b15-9+/t13-,14-/m0/s1. The van der Waals surface area contributed by atoms with E-state index in [9.17, 15) is 14.9 Å². The number of nitrogens with one attached hydrogen (secondary N) is 1. The summed E-state index contributed by atoms with van der Waals surface area (Å²) in [6.45, 7) is 7.19. The minimum absolute atomic E-state index is 0.0320. The highest BCUT2D eigenvalue weighted by molar-refractivity contribution is 6.02. The quantitative estimate of drug-likeness (QED) is 0.634. The average molecular weight is 381 g/mol. The molecule has 0 spiro atoms. The molecule has 0 bridgehead atoms. The Hall–Kier alpha value is -3.18. The van der Waals surface area contributed by atoms with Crippen molar-refractivity contribution in [2.45, 2.75) is 33.0 Å². The summed E-state index contributed by atoms with van der Waals surface area (Å²) in [7, 11) is 0. The minimum Gasteiger partial charge on any atom is -0.372 e. The molecule has 1 aliphatic rings. The summed E-state index contributed by atoms with van der Waals surface area (Å²) in [4.78, 5) is 32.0. The lowest BCUT2D eigenvalue weighted by Gasteiger charge is -2.36. The van der Waals surface area contributed by atoms with Crippen LogP contribution in [0.25, 0.3) is 11.7 Å². The SMILES string of the molecule is CCNC(=O)/C(C#N)=C/c1c(N2C[C@H](C)O[C@@H](C)C2)nc2ccccn2c1=O. The summed E-state index contributed by atoms with van der Waals surface area (Å²) < 4.78 is 7.20. The maximum Gasteiger partial charge on any atom is 0.267 e. The van der Waals surface area contributed by atoms with Crippen molar-refractivity contribution in [3.8, 4) is 6.07 Å². The third kappa shape index (κ3) is 3.89. The number of likely N-dealkylation sites (N-methyl/N-ethyl adjacent to an activating group) is 1. The Kier molecular flexibility index (Phi) is 5.76. The fourth-order valence-electron chi connectivity index (χ4n) is 3.36. The number of rotatable bonds is 4. The zero-order valence-electron chi connectivity index (χ0n) is 16.2. The molecule has 1 aliphatic heterocycles. The van der Waals surface area contributed by atoms with Crippen molar-refractivity contribution in [2.24, 2.45) is 0 Å². The van der Waals surface area contributed by atoms with E-state index in [1.807, 2.05) is 24.8 Å². The van der Waals surface area contributed by atoms with Crippen LogP contribution < -0.4 is 15.8 Å². The Morgan fingerprint density at radius 3 is 2.75 bits per heavy atom. The van der Waals surface area contributed by atoms with Crippen LogP contribution in [0.1, 0.15) is 26.3 Å². The van der Waals surface area contributed by atoms with E-state index in [-0.39, 0.29) is 28.9 Å². The molecule has 1 fully saturated rings. The van der Waals surface area contributed by atoms with Gasteiger partial charge in [-0.05, 0) is 39.0 Å². The van der Waals surface area contributed by atoms with E-state index in [1.54, 1.807) is 31.3 Å². The molecule has 0 radical (unpaired) electrons. The number of carbonyl (C=O) groups excluding carboxylic acids is 1. The second-order valence-electron chi connectivity index (χ2n) is 6.77. The smallest absolute Gasteiger partial charge is 0.267 e. The molecule has 0 unspecified atom stereocenters. The largest absolute Gasteiger partial charge is 0.372 e. The number of pyridine rings is 1. The lowest BCUT2D eigenvalue weighted by molar-refractivity contribution is -0.116. The number of aromatic nitrogens is 2. The highest BCUT2D eigenvalue weighted by Gasteiger charge is 2.27. The van der Waals surface area contributed by atoms with Gasteiger partial charge in [-0.2, -0.15) is 5.26 Å². The van der Waals surface area contributed by atoms with E-state index in [0.717, 1.165) is 0 Å². The Morgan fingerprint density at radius 1 is 1.39 bits per heavy atom. The fourth-order valence-corrected chi connectivity index (χ4v) is 3.36. The van der Waals surface area contributed by atoms with Gasteiger partial charge in [0, 0.05) is 25.8 Å². The molecule has 2 aromatic heterocycles. The second-order valence-corrected chi connectivity index (χ2v) is 6.77. The molecule has 0 aromatic carbocycles. The van der Waals surface area contributed by atoms with Crippen LogP contribution in [0.15, 0.2) is 34.8 Å². The van der Waals surface area contributed by atoms with Crippen LogP contribution in [0.2, 0.25) is 0 Å². The second kappa shape index (κ2) is 8.23. The minimum atomic E-state index is -0.516. The monoisotopic (exact) mass is 381 g/mol. The van der Waals surface area contributed by atoms with Crippen molar-refractivity contribution in [3.05, 3.63) is 45.9 Å².